The predicted molar refractivity (Wildman–Crippen MR) is 136 cm³/mol. The van der Waals surface area contributed by atoms with Gasteiger partial charge in [0.25, 0.3) is 0 Å². The number of rotatable bonds is 7. The van der Waals surface area contributed by atoms with Gasteiger partial charge < -0.3 is 20.6 Å². The monoisotopic (exact) mass is 479 g/mol. The number of benzene rings is 2. The molecule has 0 saturated carbocycles. The van der Waals surface area contributed by atoms with Crippen molar-refractivity contribution in [1.29, 1.82) is 0 Å². The van der Waals surface area contributed by atoms with Gasteiger partial charge in [-0.15, -0.1) is 0 Å². The third kappa shape index (κ3) is 6.62. The first-order valence-electron chi connectivity index (χ1n) is 12.2. The Hall–Kier alpha value is -3.35. The van der Waals surface area contributed by atoms with Gasteiger partial charge in [0.1, 0.15) is 6.04 Å². The number of aromatic carboxylic acids is 1. The first kappa shape index (κ1) is 26.3. The fraction of sp³-hybridized carbons (Fsp3) is 0.464. The zero-order valence-electron chi connectivity index (χ0n) is 21.3. The molecule has 1 aliphatic rings. The summed E-state index contributed by atoms with van der Waals surface area (Å²) in [6.07, 6.45) is 0.874. The number of hydrogen-bond donors (Lipinski definition) is 3. The number of carbonyl (C=O) groups is 3. The molecule has 0 bridgehead atoms. The number of hydrogen-bond acceptors (Lipinski definition) is 3. The summed E-state index contributed by atoms with van der Waals surface area (Å²) >= 11 is 0. The van der Waals surface area contributed by atoms with Gasteiger partial charge in [-0.25, -0.2) is 9.59 Å². The molecule has 7 nitrogen and oxygen atoms in total. The summed E-state index contributed by atoms with van der Waals surface area (Å²) in [7, 11) is 0. The zero-order valence-corrected chi connectivity index (χ0v) is 21.3. The van der Waals surface area contributed by atoms with Crippen molar-refractivity contribution in [2.75, 3.05) is 13.1 Å². The van der Waals surface area contributed by atoms with Crippen LogP contribution in [0.1, 0.15) is 67.1 Å². The minimum atomic E-state index is -1.02. The van der Waals surface area contributed by atoms with Crippen molar-refractivity contribution < 1.29 is 19.5 Å². The Balaban J connectivity index is 1.62. The molecule has 0 radical (unpaired) electrons. The van der Waals surface area contributed by atoms with Crippen LogP contribution in [0.4, 0.5) is 4.79 Å². The number of nitrogens with one attached hydrogen (secondary N) is 2. The summed E-state index contributed by atoms with van der Waals surface area (Å²) in [5.41, 5.74) is 3.28. The van der Waals surface area contributed by atoms with Gasteiger partial charge >= 0.3 is 12.0 Å². The molecule has 3 N–H and O–H groups in total. The van der Waals surface area contributed by atoms with Crippen LogP contribution in [0.2, 0.25) is 0 Å². The van der Waals surface area contributed by atoms with E-state index in [9.17, 15) is 14.4 Å². The van der Waals surface area contributed by atoms with E-state index >= 15 is 0 Å². The van der Waals surface area contributed by atoms with Crippen LogP contribution in [0.25, 0.3) is 0 Å². The molecule has 0 aliphatic carbocycles. The number of piperidine rings is 1. The minimum absolute atomic E-state index is 0.0709. The zero-order chi connectivity index (χ0) is 25.8. The average molecular weight is 480 g/mol. The molecule has 35 heavy (non-hydrogen) atoms. The van der Waals surface area contributed by atoms with E-state index in [2.05, 4.69) is 55.7 Å². The number of urea groups is 1. The van der Waals surface area contributed by atoms with E-state index in [0.717, 1.165) is 6.42 Å². The van der Waals surface area contributed by atoms with Gasteiger partial charge in [0.15, 0.2) is 0 Å². The van der Waals surface area contributed by atoms with E-state index in [-0.39, 0.29) is 29.3 Å². The Morgan fingerprint density at radius 3 is 2.40 bits per heavy atom. The van der Waals surface area contributed by atoms with Crippen molar-refractivity contribution in [2.45, 2.75) is 59.5 Å². The van der Waals surface area contributed by atoms with Crippen LogP contribution in [-0.4, -0.2) is 47.0 Å². The second-order valence-corrected chi connectivity index (χ2v) is 10.6. The Labute approximate surface area is 207 Å². The van der Waals surface area contributed by atoms with Crippen molar-refractivity contribution in [1.82, 2.24) is 15.5 Å². The lowest BCUT2D eigenvalue weighted by Crippen LogP contribution is -2.57. The molecule has 2 aromatic rings. The topological polar surface area (TPSA) is 98.7 Å². The molecule has 1 saturated heterocycles. The summed E-state index contributed by atoms with van der Waals surface area (Å²) in [4.78, 5) is 39.1. The summed E-state index contributed by atoms with van der Waals surface area (Å²) in [5.74, 6) is -0.807. The minimum Gasteiger partial charge on any atom is -0.478 e. The molecule has 1 unspecified atom stereocenters. The van der Waals surface area contributed by atoms with Crippen LogP contribution >= 0.6 is 0 Å². The van der Waals surface area contributed by atoms with Crippen LogP contribution in [0.15, 0.2) is 48.5 Å². The Morgan fingerprint density at radius 2 is 1.80 bits per heavy atom. The van der Waals surface area contributed by atoms with Crippen LogP contribution in [-0.2, 0) is 11.3 Å². The molecule has 7 heteroatoms. The molecule has 2 atom stereocenters. The molecular weight excluding hydrogens is 442 g/mol. The molecule has 0 aromatic heterocycles. The smallest absolute Gasteiger partial charge is 0.335 e. The van der Waals surface area contributed by atoms with E-state index in [1.54, 1.807) is 12.1 Å². The first-order chi connectivity index (χ1) is 16.5. The third-order valence-corrected chi connectivity index (χ3v) is 6.87. The number of likely N-dealkylation sites (tertiary alicyclic amines) is 1. The van der Waals surface area contributed by atoms with Crippen molar-refractivity contribution in [3.8, 4) is 0 Å². The van der Waals surface area contributed by atoms with Gasteiger partial charge in [0.2, 0.25) is 5.91 Å². The maximum atomic E-state index is 13.5. The highest BCUT2D eigenvalue weighted by Gasteiger charge is 2.40. The van der Waals surface area contributed by atoms with E-state index < -0.39 is 18.0 Å². The molecule has 3 rings (SSSR count). The largest absolute Gasteiger partial charge is 0.478 e. The quantitative estimate of drug-likeness (QED) is 0.542. The van der Waals surface area contributed by atoms with Crippen LogP contribution in [0.5, 0.6) is 0 Å². The van der Waals surface area contributed by atoms with Gasteiger partial charge in [-0.05, 0) is 53.9 Å². The van der Waals surface area contributed by atoms with E-state index in [1.807, 2.05) is 18.7 Å². The van der Waals surface area contributed by atoms with Gasteiger partial charge in [0.05, 0.1) is 5.56 Å². The van der Waals surface area contributed by atoms with Crippen LogP contribution in [0.3, 0.4) is 0 Å². The maximum absolute atomic E-state index is 13.5. The summed E-state index contributed by atoms with van der Waals surface area (Å²) in [6, 6.07) is 14.0. The second kappa shape index (κ2) is 10.9. The Kier molecular flexibility index (Phi) is 8.20. The fourth-order valence-electron chi connectivity index (χ4n) is 4.86. The summed E-state index contributed by atoms with van der Waals surface area (Å²) in [6.45, 7) is 11.8. The van der Waals surface area contributed by atoms with Gasteiger partial charge in [-0.2, -0.15) is 0 Å². The van der Waals surface area contributed by atoms with Crippen LogP contribution in [0, 0.1) is 18.3 Å². The highest BCUT2D eigenvalue weighted by Crippen LogP contribution is 2.42. The van der Waals surface area contributed by atoms with E-state index in [0.29, 0.717) is 24.6 Å². The molecule has 1 heterocycles. The molecule has 188 valence electrons. The lowest BCUT2D eigenvalue weighted by molar-refractivity contribution is -0.137. The van der Waals surface area contributed by atoms with Gasteiger partial charge in [0, 0.05) is 19.6 Å². The summed E-state index contributed by atoms with van der Waals surface area (Å²) in [5, 5.41) is 14.7. The van der Waals surface area contributed by atoms with Crippen molar-refractivity contribution >= 4 is 17.9 Å². The van der Waals surface area contributed by atoms with E-state index in [1.165, 1.54) is 23.3 Å². The van der Waals surface area contributed by atoms with Crippen molar-refractivity contribution in [3.05, 3.63) is 70.8 Å². The van der Waals surface area contributed by atoms with Crippen molar-refractivity contribution in [3.63, 3.8) is 0 Å². The van der Waals surface area contributed by atoms with E-state index in [4.69, 9.17) is 5.11 Å². The fourth-order valence-corrected chi connectivity index (χ4v) is 4.86. The van der Waals surface area contributed by atoms with Crippen LogP contribution < -0.4 is 10.6 Å². The maximum Gasteiger partial charge on any atom is 0.335 e. The Morgan fingerprint density at radius 1 is 1.11 bits per heavy atom. The molecule has 0 spiro atoms. The number of nitrogens with zero attached hydrogens (tertiary/aromatic N) is 1. The molecule has 1 fully saturated rings. The SMILES string of the molecule is Cc1ccc(C2CCN(C(=O)[C@H](NC(=O)NCc3cccc(C(=O)O)c3)C(C)C)CC2(C)C)cc1. The third-order valence-electron chi connectivity index (χ3n) is 6.87. The number of aryl methyl sites for hydroxylation is 1. The molecular formula is C28H37N3O4. The standard InChI is InChI=1S/C28H37N3O4/c1-18(2)24(30-27(35)29-16-20-7-6-8-22(15-20)26(33)34)25(32)31-14-13-23(28(4,5)17-31)21-11-9-19(3)10-12-21/h6-12,15,18,23-24H,13-14,16-17H2,1-5H3,(H,33,34)(H2,29,30,35)/t23?,24-/m1/s1. The highest BCUT2D eigenvalue weighted by molar-refractivity contribution is 5.88. The Bertz CT molecular complexity index is 1060. The summed E-state index contributed by atoms with van der Waals surface area (Å²) < 4.78 is 0. The predicted octanol–water partition coefficient (Wildman–Crippen LogP) is 4.56. The average Bonchev–Trinajstić information content (AvgIpc) is 2.81. The number of carbonyl (C=O) groups excluding carboxylic acids is 2. The number of amides is 3. The van der Waals surface area contributed by atoms with Crippen molar-refractivity contribution in [2.24, 2.45) is 11.3 Å². The molecule has 1 aliphatic heterocycles. The lowest BCUT2D eigenvalue weighted by Gasteiger charge is -2.45. The second-order valence-electron chi connectivity index (χ2n) is 10.6. The highest BCUT2D eigenvalue weighted by atomic mass is 16.4. The lowest BCUT2D eigenvalue weighted by atomic mass is 9.70. The molecule has 3 amide bonds. The van der Waals surface area contributed by atoms with Gasteiger partial charge in [-0.1, -0.05) is 69.7 Å². The number of carboxylic acids is 1. The molecule has 2 aromatic carbocycles. The number of carboxylic acid groups (broad SMARTS) is 1. The normalized spacial score (nSPS) is 18.1. The van der Waals surface area contributed by atoms with Gasteiger partial charge in [-0.3, -0.25) is 4.79 Å². The first-order valence-corrected chi connectivity index (χ1v) is 12.2.